The molecule has 0 saturated heterocycles. The van der Waals surface area contributed by atoms with E-state index in [1.165, 1.54) is 0 Å². The largest absolute Gasteiger partial charge is 0.383 e. The van der Waals surface area contributed by atoms with Gasteiger partial charge < -0.3 is 15.4 Å². The summed E-state index contributed by atoms with van der Waals surface area (Å²) in [6.07, 6.45) is 2.61. The van der Waals surface area contributed by atoms with Crippen molar-refractivity contribution in [2.24, 2.45) is 0 Å². The molecule has 2 amide bonds. The lowest BCUT2D eigenvalue weighted by molar-refractivity contribution is 0.196. The first-order valence-electron chi connectivity index (χ1n) is 6.90. The van der Waals surface area contributed by atoms with Crippen molar-refractivity contribution in [3.05, 3.63) is 48.3 Å². The van der Waals surface area contributed by atoms with Gasteiger partial charge in [0, 0.05) is 32.8 Å². The van der Waals surface area contributed by atoms with Crippen molar-refractivity contribution in [3.63, 3.8) is 0 Å². The van der Waals surface area contributed by atoms with Crippen LogP contribution in [0.4, 0.5) is 4.79 Å². The fourth-order valence-electron chi connectivity index (χ4n) is 1.85. The van der Waals surface area contributed by atoms with Crippen LogP contribution >= 0.6 is 0 Å². The number of carbonyl (C=O) groups excluding carboxylic acids is 1. The Kier molecular flexibility index (Phi) is 5.78. The minimum atomic E-state index is -0.186. The summed E-state index contributed by atoms with van der Waals surface area (Å²) in [5.74, 6) is 0. The fraction of sp³-hybridized carbons (Fsp3) is 0.333. The highest BCUT2D eigenvalue weighted by molar-refractivity contribution is 5.73. The molecule has 1 aromatic heterocycles. The number of amides is 2. The smallest absolute Gasteiger partial charge is 0.314 e. The van der Waals surface area contributed by atoms with Crippen LogP contribution < -0.4 is 10.6 Å². The van der Waals surface area contributed by atoms with Crippen LogP contribution in [0.3, 0.4) is 0 Å². The van der Waals surface area contributed by atoms with Gasteiger partial charge in [-0.05, 0) is 18.2 Å². The van der Waals surface area contributed by atoms with Crippen LogP contribution in [-0.2, 0) is 11.2 Å². The molecular weight excluding hydrogens is 268 g/mol. The summed E-state index contributed by atoms with van der Waals surface area (Å²) in [7, 11) is 1.60. The summed E-state index contributed by atoms with van der Waals surface area (Å²) in [6, 6.07) is 11.7. The number of urea groups is 1. The number of hydrogen-bond acceptors (Lipinski definition) is 3. The highest BCUT2D eigenvalue weighted by atomic mass is 16.5. The predicted octanol–water partition coefficient (Wildman–Crippen LogP) is 1.36. The van der Waals surface area contributed by atoms with Crippen LogP contribution in [0.25, 0.3) is 5.69 Å². The summed E-state index contributed by atoms with van der Waals surface area (Å²) in [5.41, 5.74) is 1.96. The summed E-state index contributed by atoms with van der Waals surface area (Å²) < 4.78 is 6.68. The number of hydrogen-bond donors (Lipinski definition) is 2. The third-order valence-corrected chi connectivity index (χ3v) is 2.92. The zero-order valence-corrected chi connectivity index (χ0v) is 12.1. The lowest BCUT2D eigenvalue weighted by Gasteiger charge is -2.06. The van der Waals surface area contributed by atoms with Gasteiger partial charge in [0.05, 0.1) is 18.0 Å². The molecule has 2 N–H and O–H groups in total. The number of nitrogens with one attached hydrogen (secondary N) is 2. The van der Waals surface area contributed by atoms with Crippen LogP contribution in [0.1, 0.15) is 5.69 Å². The zero-order valence-electron chi connectivity index (χ0n) is 12.1. The van der Waals surface area contributed by atoms with E-state index in [-0.39, 0.29) is 6.03 Å². The lowest BCUT2D eigenvalue weighted by Crippen LogP contribution is -2.38. The van der Waals surface area contributed by atoms with Crippen LogP contribution in [0, 0.1) is 0 Å². The number of aromatic nitrogens is 2. The van der Waals surface area contributed by atoms with Gasteiger partial charge in [0.2, 0.25) is 0 Å². The second kappa shape index (κ2) is 8.06. The summed E-state index contributed by atoms with van der Waals surface area (Å²) >= 11 is 0. The van der Waals surface area contributed by atoms with Crippen LogP contribution in [0.2, 0.25) is 0 Å². The molecule has 2 rings (SSSR count). The van der Waals surface area contributed by atoms with E-state index in [0.717, 1.165) is 11.4 Å². The number of rotatable bonds is 7. The first-order valence-corrected chi connectivity index (χ1v) is 6.90. The minimum Gasteiger partial charge on any atom is -0.383 e. The molecule has 0 aliphatic rings. The van der Waals surface area contributed by atoms with Gasteiger partial charge in [0.25, 0.3) is 0 Å². The average Bonchev–Trinajstić information content (AvgIpc) is 2.97. The molecule has 0 radical (unpaired) electrons. The molecule has 0 aliphatic heterocycles. The van der Waals surface area contributed by atoms with Gasteiger partial charge in [-0.3, -0.25) is 0 Å². The van der Waals surface area contributed by atoms with Crippen molar-refractivity contribution in [1.29, 1.82) is 0 Å². The third kappa shape index (κ3) is 4.92. The Labute approximate surface area is 124 Å². The molecule has 1 aromatic carbocycles. The number of ether oxygens (including phenoxy) is 1. The van der Waals surface area contributed by atoms with E-state index in [1.807, 2.05) is 47.3 Å². The van der Waals surface area contributed by atoms with Gasteiger partial charge in [0.1, 0.15) is 0 Å². The summed E-state index contributed by atoms with van der Waals surface area (Å²) in [5, 5.41) is 9.96. The molecule has 1 heterocycles. The summed E-state index contributed by atoms with van der Waals surface area (Å²) in [6.45, 7) is 1.56. The molecule has 21 heavy (non-hydrogen) atoms. The monoisotopic (exact) mass is 288 g/mol. The Morgan fingerprint density at radius 1 is 1.19 bits per heavy atom. The van der Waals surface area contributed by atoms with Crippen LogP contribution in [0.15, 0.2) is 42.6 Å². The van der Waals surface area contributed by atoms with Gasteiger partial charge in [0.15, 0.2) is 0 Å². The molecule has 112 valence electrons. The SMILES string of the molecule is COCCNC(=O)NCCc1ccn(-c2ccccc2)n1. The number of nitrogens with zero attached hydrogens (tertiary/aromatic N) is 2. The third-order valence-electron chi connectivity index (χ3n) is 2.92. The maximum atomic E-state index is 11.4. The summed E-state index contributed by atoms with van der Waals surface area (Å²) in [4.78, 5) is 11.4. The standard InChI is InChI=1S/C15H20N4O2/c1-21-12-10-17-15(20)16-9-7-13-8-11-19(18-13)14-5-3-2-4-6-14/h2-6,8,11H,7,9-10,12H2,1H3,(H2,16,17,20). The molecule has 2 aromatic rings. The second-order valence-corrected chi connectivity index (χ2v) is 4.51. The van der Waals surface area contributed by atoms with Crippen molar-refractivity contribution < 1.29 is 9.53 Å². The first-order chi connectivity index (χ1) is 10.3. The lowest BCUT2D eigenvalue weighted by atomic mass is 10.3. The van der Waals surface area contributed by atoms with Gasteiger partial charge in [-0.25, -0.2) is 9.48 Å². The number of benzene rings is 1. The maximum Gasteiger partial charge on any atom is 0.314 e. The van der Waals surface area contributed by atoms with Crippen LogP contribution in [0.5, 0.6) is 0 Å². The first kappa shape index (κ1) is 15.1. The zero-order chi connectivity index (χ0) is 14.9. The maximum absolute atomic E-state index is 11.4. The van der Waals surface area contributed by atoms with E-state index in [9.17, 15) is 4.79 Å². The molecule has 0 unspecified atom stereocenters. The highest BCUT2D eigenvalue weighted by Crippen LogP contribution is 2.06. The number of methoxy groups -OCH3 is 1. The number of carbonyl (C=O) groups is 1. The predicted molar refractivity (Wildman–Crippen MR) is 80.5 cm³/mol. The molecule has 6 heteroatoms. The van der Waals surface area contributed by atoms with E-state index in [0.29, 0.717) is 26.1 Å². The van der Waals surface area contributed by atoms with E-state index in [1.54, 1.807) is 7.11 Å². The fourth-order valence-corrected chi connectivity index (χ4v) is 1.85. The Morgan fingerprint density at radius 2 is 1.95 bits per heavy atom. The molecule has 0 spiro atoms. The van der Waals surface area contributed by atoms with E-state index >= 15 is 0 Å². The Morgan fingerprint density at radius 3 is 2.71 bits per heavy atom. The van der Waals surface area contributed by atoms with Gasteiger partial charge in [-0.2, -0.15) is 5.10 Å². The Hall–Kier alpha value is -2.34. The Bertz CT molecular complexity index is 554. The normalized spacial score (nSPS) is 10.3. The minimum absolute atomic E-state index is 0.186. The quantitative estimate of drug-likeness (QED) is 0.756. The molecule has 0 saturated carbocycles. The van der Waals surface area contributed by atoms with Crippen molar-refractivity contribution in [2.75, 3.05) is 26.8 Å². The molecule has 0 aliphatic carbocycles. The van der Waals surface area contributed by atoms with Crippen molar-refractivity contribution in [3.8, 4) is 5.69 Å². The van der Waals surface area contributed by atoms with Crippen molar-refractivity contribution in [2.45, 2.75) is 6.42 Å². The van der Waals surface area contributed by atoms with Gasteiger partial charge in [-0.15, -0.1) is 0 Å². The van der Waals surface area contributed by atoms with Gasteiger partial charge >= 0.3 is 6.03 Å². The highest BCUT2D eigenvalue weighted by Gasteiger charge is 2.02. The van der Waals surface area contributed by atoms with Crippen molar-refractivity contribution >= 4 is 6.03 Å². The molecule has 0 atom stereocenters. The van der Waals surface area contributed by atoms with E-state index in [4.69, 9.17) is 4.74 Å². The molecule has 0 bridgehead atoms. The topological polar surface area (TPSA) is 68.2 Å². The van der Waals surface area contributed by atoms with Gasteiger partial charge in [-0.1, -0.05) is 18.2 Å². The van der Waals surface area contributed by atoms with Crippen LogP contribution in [-0.4, -0.2) is 42.6 Å². The van der Waals surface area contributed by atoms with E-state index in [2.05, 4.69) is 15.7 Å². The molecule has 0 fully saturated rings. The average molecular weight is 288 g/mol. The second-order valence-electron chi connectivity index (χ2n) is 4.51. The number of para-hydroxylation sites is 1. The van der Waals surface area contributed by atoms with Crippen molar-refractivity contribution in [1.82, 2.24) is 20.4 Å². The van der Waals surface area contributed by atoms with E-state index < -0.39 is 0 Å². The Balaban J connectivity index is 1.75. The molecule has 6 nitrogen and oxygen atoms in total. The molecular formula is C15H20N4O2.